The molecule has 0 aromatic rings. The fourth-order valence-electron chi connectivity index (χ4n) is 1.92. The highest BCUT2D eigenvalue weighted by molar-refractivity contribution is 5.97. The van der Waals surface area contributed by atoms with Crippen LogP contribution in [0.1, 0.15) is 40.5 Å². The van der Waals surface area contributed by atoms with Crippen molar-refractivity contribution in [3.05, 3.63) is 0 Å². The number of hydrogen-bond donors (Lipinski definition) is 2. The first-order valence-electron chi connectivity index (χ1n) is 6.06. The maximum Gasteiger partial charge on any atom is 0.243 e. The molecule has 1 saturated heterocycles. The topological polar surface area (TPSA) is 58.2 Å². The number of nitrogens with one attached hydrogen (secondary N) is 2. The molecular weight excluding hydrogens is 204 g/mol. The van der Waals surface area contributed by atoms with Gasteiger partial charge in [0.2, 0.25) is 11.8 Å². The Balaban J connectivity index is 2.63. The zero-order valence-electron chi connectivity index (χ0n) is 10.5. The first-order valence-corrected chi connectivity index (χ1v) is 6.06. The van der Waals surface area contributed by atoms with Crippen LogP contribution in [-0.2, 0) is 9.59 Å². The third-order valence-corrected chi connectivity index (χ3v) is 3.13. The maximum atomic E-state index is 11.8. The fourth-order valence-corrected chi connectivity index (χ4v) is 1.92. The molecule has 4 nitrogen and oxygen atoms in total. The minimum atomic E-state index is -0.360. The second-order valence-corrected chi connectivity index (χ2v) is 5.06. The smallest absolute Gasteiger partial charge is 0.243 e. The first kappa shape index (κ1) is 13.0. The molecule has 92 valence electrons. The van der Waals surface area contributed by atoms with E-state index in [0.717, 1.165) is 6.42 Å². The number of rotatable bonds is 4. The van der Waals surface area contributed by atoms with E-state index < -0.39 is 0 Å². The highest BCUT2D eigenvalue weighted by atomic mass is 16.2. The molecule has 0 unspecified atom stereocenters. The Labute approximate surface area is 97.2 Å². The normalized spacial score (nSPS) is 27.6. The largest absolute Gasteiger partial charge is 0.343 e. The van der Waals surface area contributed by atoms with Gasteiger partial charge in [-0.05, 0) is 18.3 Å². The fraction of sp³-hybridized carbons (Fsp3) is 0.833. The van der Waals surface area contributed by atoms with Crippen LogP contribution in [0.4, 0.5) is 0 Å². The van der Waals surface area contributed by atoms with Crippen molar-refractivity contribution >= 4 is 11.8 Å². The molecular formula is C12H22N2O2. The van der Waals surface area contributed by atoms with Gasteiger partial charge in [0.15, 0.2) is 0 Å². The van der Waals surface area contributed by atoms with Gasteiger partial charge < -0.3 is 10.6 Å². The molecule has 2 amide bonds. The Kier molecular flexibility index (Phi) is 4.33. The maximum absolute atomic E-state index is 11.8. The van der Waals surface area contributed by atoms with Gasteiger partial charge >= 0.3 is 0 Å². The predicted molar refractivity (Wildman–Crippen MR) is 62.8 cm³/mol. The van der Waals surface area contributed by atoms with E-state index in [4.69, 9.17) is 0 Å². The van der Waals surface area contributed by atoms with Gasteiger partial charge in [-0.2, -0.15) is 0 Å². The second-order valence-electron chi connectivity index (χ2n) is 5.06. The zero-order valence-corrected chi connectivity index (χ0v) is 10.5. The molecule has 0 aliphatic carbocycles. The van der Waals surface area contributed by atoms with Gasteiger partial charge in [-0.15, -0.1) is 0 Å². The quantitative estimate of drug-likeness (QED) is 0.753. The summed E-state index contributed by atoms with van der Waals surface area (Å²) in [5.41, 5.74) is 0. The molecule has 0 saturated carbocycles. The van der Waals surface area contributed by atoms with Gasteiger partial charge in [-0.1, -0.05) is 34.1 Å². The molecule has 0 radical (unpaired) electrons. The lowest BCUT2D eigenvalue weighted by Crippen LogP contribution is -2.63. The van der Waals surface area contributed by atoms with Crippen molar-refractivity contribution in [1.29, 1.82) is 0 Å². The summed E-state index contributed by atoms with van der Waals surface area (Å²) in [5.74, 6) is 0.498. The summed E-state index contributed by atoms with van der Waals surface area (Å²) in [6.45, 7) is 8.08. The van der Waals surface area contributed by atoms with Crippen molar-refractivity contribution in [2.24, 2.45) is 11.8 Å². The van der Waals surface area contributed by atoms with Crippen LogP contribution >= 0.6 is 0 Å². The highest BCUT2D eigenvalue weighted by Gasteiger charge is 2.35. The van der Waals surface area contributed by atoms with Gasteiger partial charge in [0.25, 0.3) is 0 Å². The lowest BCUT2D eigenvalue weighted by Gasteiger charge is -2.33. The van der Waals surface area contributed by atoms with E-state index in [2.05, 4.69) is 10.6 Å². The van der Waals surface area contributed by atoms with Gasteiger partial charge in [0.1, 0.15) is 12.1 Å². The Morgan fingerprint density at radius 3 is 2.25 bits per heavy atom. The van der Waals surface area contributed by atoms with Crippen LogP contribution < -0.4 is 10.6 Å². The van der Waals surface area contributed by atoms with E-state index in [-0.39, 0.29) is 29.8 Å². The Hall–Kier alpha value is -1.06. The molecule has 0 aromatic carbocycles. The minimum absolute atomic E-state index is 0.0420. The van der Waals surface area contributed by atoms with E-state index in [1.54, 1.807) is 0 Å². The highest BCUT2D eigenvalue weighted by Crippen LogP contribution is 2.14. The third-order valence-electron chi connectivity index (χ3n) is 3.13. The van der Waals surface area contributed by atoms with Crippen LogP contribution in [0, 0.1) is 11.8 Å². The molecule has 0 spiro atoms. The van der Waals surface area contributed by atoms with Crippen LogP contribution in [0.5, 0.6) is 0 Å². The molecule has 0 bridgehead atoms. The summed E-state index contributed by atoms with van der Waals surface area (Å²) in [4.78, 5) is 23.6. The van der Waals surface area contributed by atoms with Gasteiger partial charge in [0.05, 0.1) is 0 Å². The number of amides is 2. The zero-order chi connectivity index (χ0) is 12.3. The summed E-state index contributed by atoms with van der Waals surface area (Å²) in [6.07, 6.45) is 1.58. The molecule has 1 aliphatic heterocycles. The Morgan fingerprint density at radius 2 is 1.75 bits per heavy atom. The monoisotopic (exact) mass is 226 g/mol. The van der Waals surface area contributed by atoms with Crippen LogP contribution in [0.25, 0.3) is 0 Å². The summed E-state index contributed by atoms with van der Waals surface area (Å²) in [5, 5.41) is 5.63. The summed E-state index contributed by atoms with van der Waals surface area (Å²) < 4.78 is 0. The van der Waals surface area contributed by atoms with E-state index in [0.29, 0.717) is 12.3 Å². The molecule has 1 heterocycles. The Bertz CT molecular complexity index is 276. The van der Waals surface area contributed by atoms with Crippen LogP contribution in [0.2, 0.25) is 0 Å². The number of piperazine rings is 1. The molecule has 0 aromatic heterocycles. The molecule has 2 N–H and O–H groups in total. The summed E-state index contributed by atoms with van der Waals surface area (Å²) in [6, 6.07) is -0.714. The SMILES string of the molecule is CC[C@@H](C)[C@H]1NC(=O)[C@@H](CC(C)C)NC1=O. The average molecular weight is 226 g/mol. The third kappa shape index (κ3) is 2.97. The molecule has 1 fully saturated rings. The first-order chi connectivity index (χ1) is 7.45. The van der Waals surface area contributed by atoms with Crippen LogP contribution in [0.15, 0.2) is 0 Å². The van der Waals surface area contributed by atoms with Gasteiger partial charge in [-0.3, -0.25) is 9.59 Å². The Morgan fingerprint density at radius 1 is 1.12 bits per heavy atom. The van der Waals surface area contributed by atoms with E-state index in [1.807, 2.05) is 27.7 Å². The van der Waals surface area contributed by atoms with Crippen molar-refractivity contribution in [1.82, 2.24) is 10.6 Å². The lowest BCUT2D eigenvalue weighted by atomic mass is 9.93. The second kappa shape index (κ2) is 5.32. The predicted octanol–water partition coefficient (Wildman–Crippen LogP) is 1.06. The molecule has 1 rings (SSSR count). The number of carbonyl (C=O) groups excluding carboxylic acids is 2. The van der Waals surface area contributed by atoms with E-state index in [9.17, 15) is 9.59 Å². The molecule has 4 heteroatoms. The standard InChI is InChI=1S/C12H22N2O2/c1-5-8(4)10-12(16)13-9(6-7(2)3)11(15)14-10/h7-10H,5-6H2,1-4H3,(H,13,16)(H,14,15)/t8-,9-,10-/m1/s1. The van der Waals surface area contributed by atoms with Crippen LogP contribution in [-0.4, -0.2) is 23.9 Å². The van der Waals surface area contributed by atoms with Crippen molar-refractivity contribution in [2.75, 3.05) is 0 Å². The average Bonchev–Trinajstić information content (AvgIpc) is 2.21. The van der Waals surface area contributed by atoms with Crippen molar-refractivity contribution in [3.8, 4) is 0 Å². The van der Waals surface area contributed by atoms with Gasteiger partial charge in [0, 0.05) is 0 Å². The van der Waals surface area contributed by atoms with Gasteiger partial charge in [-0.25, -0.2) is 0 Å². The molecule has 1 aliphatic rings. The van der Waals surface area contributed by atoms with Crippen molar-refractivity contribution in [2.45, 2.75) is 52.6 Å². The number of carbonyl (C=O) groups is 2. The lowest BCUT2D eigenvalue weighted by molar-refractivity contribution is -0.138. The molecule has 16 heavy (non-hydrogen) atoms. The van der Waals surface area contributed by atoms with E-state index in [1.165, 1.54) is 0 Å². The minimum Gasteiger partial charge on any atom is -0.343 e. The molecule has 3 atom stereocenters. The number of hydrogen-bond acceptors (Lipinski definition) is 2. The van der Waals surface area contributed by atoms with Crippen molar-refractivity contribution < 1.29 is 9.59 Å². The summed E-state index contributed by atoms with van der Waals surface area (Å²) in [7, 11) is 0. The van der Waals surface area contributed by atoms with Crippen molar-refractivity contribution in [3.63, 3.8) is 0 Å². The summed E-state index contributed by atoms with van der Waals surface area (Å²) >= 11 is 0. The van der Waals surface area contributed by atoms with E-state index >= 15 is 0 Å². The van der Waals surface area contributed by atoms with Crippen LogP contribution in [0.3, 0.4) is 0 Å².